The molecule has 0 heterocycles. The molecular formula is C19H17ClN2O. The molecule has 23 heavy (non-hydrogen) atoms. The van der Waals surface area contributed by atoms with Gasteiger partial charge in [0.25, 0.3) is 0 Å². The fourth-order valence-corrected chi connectivity index (χ4v) is 2.51. The van der Waals surface area contributed by atoms with Crippen molar-refractivity contribution >= 4 is 34.3 Å². The summed E-state index contributed by atoms with van der Waals surface area (Å²) in [5.41, 5.74) is 4.85. The Hall–Kier alpha value is -2.52. The maximum Gasteiger partial charge on any atom is 0.128 e. The number of hydrogen-bond donors (Lipinski definition) is 1. The first-order valence-electron chi connectivity index (χ1n) is 7.47. The van der Waals surface area contributed by atoms with E-state index >= 15 is 0 Å². The third-order valence-electron chi connectivity index (χ3n) is 3.46. The number of halogens is 1. The molecule has 3 rings (SSSR count). The molecule has 0 spiro atoms. The van der Waals surface area contributed by atoms with Crippen molar-refractivity contribution in [1.29, 1.82) is 0 Å². The first kappa shape index (κ1) is 15.4. The molecule has 3 aromatic rings. The zero-order valence-corrected chi connectivity index (χ0v) is 13.5. The molecule has 0 unspecified atom stereocenters. The number of ether oxygens (including phenoxy) is 1. The van der Waals surface area contributed by atoms with Crippen molar-refractivity contribution in [1.82, 2.24) is 0 Å². The van der Waals surface area contributed by atoms with E-state index in [4.69, 9.17) is 16.3 Å². The van der Waals surface area contributed by atoms with Gasteiger partial charge < -0.3 is 4.74 Å². The van der Waals surface area contributed by atoms with Gasteiger partial charge in [0.05, 0.1) is 18.5 Å². The van der Waals surface area contributed by atoms with E-state index in [2.05, 4.69) is 28.7 Å². The van der Waals surface area contributed by atoms with E-state index in [1.807, 2.05) is 49.4 Å². The Morgan fingerprint density at radius 3 is 2.61 bits per heavy atom. The van der Waals surface area contributed by atoms with E-state index in [1.54, 1.807) is 6.21 Å². The predicted octanol–water partition coefficient (Wildman–Crippen LogP) is 5.34. The van der Waals surface area contributed by atoms with Gasteiger partial charge in [0.1, 0.15) is 5.75 Å². The lowest BCUT2D eigenvalue weighted by atomic mass is 10.0. The lowest BCUT2D eigenvalue weighted by Gasteiger charge is -2.10. The third-order valence-corrected chi connectivity index (χ3v) is 3.71. The maximum absolute atomic E-state index is 5.88. The molecule has 0 saturated heterocycles. The van der Waals surface area contributed by atoms with Gasteiger partial charge in [0.15, 0.2) is 0 Å². The molecule has 0 aliphatic carbocycles. The average molecular weight is 325 g/mol. The summed E-state index contributed by atoms with van der Waals surface area (Å²) in [7, 11) is 0. The van der Waals surface area contributed by atoms with Crippen LogP contribution in [0.1, 0.15) is 12.5 Å². The highest BCUT2D eigenvalue weighted by Crippen LogP contribution is 2.26. The highest BCUT2D eigenvalue weighted by Gasteiger charge is 2.06. The van der Waals surface area contributed by atoms with Crippen LogP contribution in [0.4, 0.5) is 5.69 Å². The lowest BCUT2D eigenvalue weighted by Crippen LogP contribution is -1.98. The van der Waals surface area contributed by atoms with E-state index in [1.165, 1.54) is 0 Å². The summed E-state index contributed by atoms with van der Waals surface area (Å²) in [4.78, 5) is 0. The van der Waals surface area contributed by atoms with Gasteiger partial charge >= 0.3 is 0 Å². The summed E-state index contributed by atoms with van der Waals surface area (Å²) < 4.78 is 5.73. The van der Waals surface area contributed by atoms with Gasteiger partial charge in [-0.3, -0.25) is 5.43 Å². The Bertz CT molecular complexity index is 828. The fraction of sp³-hybridized carbons (Fsp3) is 0.105. The van der Waals surface area contributed by atoms with Crippen LogP contribution in [0.3, 0.4) is 0 Å². The minimum Gasteiger partial charge on any atom is -0.493 e. The van der Waals surface area contributed by atoms with E-state index in [-0.39, 0.29) is 0 Å². The number of benzene rings is 3. The van der Waals surface area contributed by atoms with Crippen molar-refractivity contribution in [3.8, 4) is 5.75 Å². The van der Waals surface area contributed by atoms with Gasteiger partial charge in [-0.1, -0.05) is 41.9 Å². The number of anilines is 1. The molecule has 0 saturated carbocycles. The topological polar surface area (TPSA) is 33.6 Å². The molecule has 3 aromatic carbocycles. The Morgan fingerprint density at radius 2 is 1.83 bits per heavy atom. The fourth-order valence-electron chi connectivity index (χ4n) is 2.39. The van der Waals surface area contributed by atoms with Gasteiger partial charge in [-0.15, -0.1) is 0 Å². The quantitative estimate of drug-likeness (QED) is 0.508. The second kappa shape index (κ2) is 7.16. The van der Waals surface area contributed by atoms with Crippen molar-refractivity contribution in [3.05, 3.63) is 71.2 Å². The van der Waals surface area contributed by atoms with Crippen molar-refractivity contribution in [2.45, 2.75) is 6.92 Å². The van der Waals surface area contributed by atoms with Crippen LogP contribution in [0.25, 0.3) is 10.8 Å². The summed E-state index contributed by atoms with van der Waals surface area (Å²) in [5, 5.41) is 7.31. The highest BCUT2D eigenvalue weighted by atomic mass is 35.5. The van der Waals surface area contributed by atoms with Crippen LogP contribution in [0.5, 0.6) is 5.75 Å². The molecule has 0 atom stereocenters. The zero-order valence-electron chi connectivity index (χ0n) is 12.8. The second-order valence-corrected chi connectivity index (χ2v) is 5.44. The Balaban J connectivity index is 1.92. The van der Waals surface area contributed by atoms with Crippen LogP contribution >= 0.6 is 11.6 Å². The Kier molecular flexibility index (Phi) is 4.79. The van der Waals surface area contributed by atoms with Gasteiger partial charge in [-0.05, 0) is 48.0 Å². The van der Waals surface area contributed by atoms with Crippen LogP contribution in [-0.2, 0) is 0 Å². The molecule has 0 radical (unpaired) electrons. The van der Waals surface area contributed by atoms with Crippen LogP contribution in [-0.4, -0.2) is 12.8 Å². The van der Waals surface area contributed by atoms with Gasteiger partial charge in [-0.2, -0.15) is 5.10 Å². The zero-order chi connectivity index (χ0) is 16.1. The highest BCUT2D eigenvalue weighted by molar-refractivity contribution is 6.30. The van der Waals surface area contributed by atoms with Gasteiger partial charge in [0.2, 0.25) is 0 Å². The molecule has 0 bridgehead atoms. The molecule has 4 heteroatoms. The average Bonchev–Trinajstić information content (AvgIpc) is 2.58. The molecule has 0 amide bonds. The van der Waals surface area contributed by atoms with Crippen molar-refractivity contribution in [2.24, 2.45) is 5.10 Å². The number of rotatable bonds is 5. The number of nitrogens with zero attached hydrogens (tertiary/aromatic N) is 1. The van der Waals surface area contributed by atoms with E-state index in [0.717, 1.165) is 27.8 Å². The van der Waals surface area contributed by atoms with Crippen molar-refractivity contribution in [2.75, 3.05) is 12.0 Å². The molecule has 0 aromatic heterocycles. The van der Waals surface area contributed by atoms with Crippen LogP contribution in [0, 0.1) is 0 Å². The predicted molar refractivity (Wildman–Crippen MR) is 97.8 cm³/mol. The van der Waals surface area contributed by atoms with Gasteiger partial charge in [-0.25, -0.2) is 0 Å². The monoisotopic (exact) mass is 324 g/mol. The molecule has 0 aliphatic heterocycles. The molecule has 0 fully saturated rings. The van der Waals surface area contributed by atoms with Crippen LogP contribution < -0.4 is 10.2 Å². The standard InChI is InChI=1S/C19H17ClN2O/c1-2-23-19-12-7-14-5-3-4-6-17(14)18(19)13-21-22-16-10-8-15(20)9-11-16/h3-13,22H,2H2,1H3/b21-13+. The first-order chi connectivity index (χ1) is 11.3. The smallest absolute Gasteiger partial charge is 0.128 e. The minimum absolute atomic E-state index is 0.615. The van der Waals surface area contributed by atoms with Crippen molar-refractivity contribution < 1.29 is 4.74 Å². The minimum atomic E-state index is 0.615. The maximum atomic E-state index is 5.88. The summed E-state index contributed by atoms with van der Waals surface area (Å²) in [5.74, 6) is 0.827. The van der Waals surface area contributed by atoms with Crippen LogP contribution in [0.15, 0.2) is 65.8 Å². The van der Waals surface area contributed by atoms with E-state index < -0.39 is 0 Å². The largest absolute Gasteiger partial charge is 0.493 e. The molecular weight excluding hydrogens is 308 g/mol. The van der Waals surface area contributed by atoms with Crippen LogP contribution in [0.2, 0.25) is 5.02 Å². The number of nitrogens with one attached hydrogen (secondary N) is 1. The SMILES string of the molecule is CCOc1ccc2ccccc2c1/C=N/Nc1ccc(Cl)cc1. The summed E-state index contributed by atoms with van der Waals surface area (Å²) >= 11 is 5.88. The van der Waals surface area contributed by atoms with E-state index in [0.29, 0.717) is 11.6 Å². The lowest BCUT2D eigenvalue weighted by molar-refractivity contribution is 0.340. The normalized spacial score (nSPS) is 11.0. The first-order valence-corrected chi connectivity index (χ1v) is 7.85. The second-order valence-electron chi connectivity index (χ2n) is 5.01. The third kappa shape index (κ3) is 3.63. The number of hydrazone groups is 1. The summed E-state index contributed by atoms with van der Waals surface area (Å²) in [6.45, 7) is 2.59. The molecule has 0 aliphatic rings. The number of hydrogen-bond acceptors (Lipinski definition) is 3. The Morgan fingerprint density at radius 1 is 1.04 bits per heavy atom. The molecule has 1 N–H and O–H groups in total. The molecule has 116 valence electrons. The van der Waals surface area contributed by atoms with Gasteiger partial charge in [0, 0.05) is 10.6 Å². The summed E-state index contributed by atoms with van der Waals surface area (Å²) in [6.07, 6.45) is 1.79. The Labute approximate surface area is 140 Å². The number of fused-ring (bicyclic) bond motifs is 1. The molecule has 3 nitrogen and oxygen atoms in total. The van der Waals surface area contributed by atoms with Crippen molar-refractivity contribution in [3.63, 3.8) is 0 Å². The summed E-state index contributed by atoms with van der Waals surface area (Å²) in [6, 6.07) is 19.6. The van der Waals surface area contributed by atoms with E-state index in [9.17, 15) is 0 Å².